The van der Waals surface area contributed by atoms with Gasteiger partial charge in [0.1, 0.15) is 12.0 Å². The summed E-state index contributed by atoms with van der Waals surface area (Å²) in [6.07, 6.45) is 15.0. The van der Waals surface area contributed by atoms with E-state index in [-0.39, 0.29) is 0 Å². The molecule has 0 amide bonds. The summed E-state index contributed by atoms with van der Waals surface area (Å²) >= 11 is 0. The van der Waals surface area contributed by atoms with Gasteiger partial charge in [0.05, 0.1) is 6.61 Å². The number of benzene rings is 1. The van der Waals surface area contributed by atoms with Gasteiger partial charge in [-0.2, -0.15) is 0 Å². The molecule has 0 aliphatic heterocycles. The minimum Gasteiger partial charge on any atom is -0.494 e. The lowest BCUT2D eigenvalue weighted by atomic mass is 10.1. The van der Waals surface area contributed by atoms with E-state index in [0.717, 1.165) is 24.3 Å². The maximum absolute atomic E-state index is 10.1. The molecule has 0 bridgehead atoms. The second kappa shape index (κ2) is 15.1. The van der Waals surface area contributed by atoms with Crippen LogP contribution in [0.3, 0.4) is 0 Å². The van der Waals surface area contributed by atoms with E-state index in [1.807, 2.05) is 31.2 Å². The summed E-state index contributed by atoms with van der Waals surface area (Å²) in [7, 11) is 0. The van der Waals surface area contributed by atoms with Crippen LogP contribution in [0.2, 0.25) is 0 Å². The number of aliphatic hydroxyl groups is 1. The number of unbranched alkanes of at least 4 members (excludes halogenated alkanes) is 10. The molecule has 0 saturated heterocycles. The largest absolute Gasteiger partial charge is 0.494 e. The minimum atomic E-state index is -0.462. The lowest BCUT2D eigenvalue weighted by Gasteiger charge is -2.14. The van der Waals surface area contributed by atoms with E-state index >= 15 is 0 Å². The van der Waals surface area contributed by atoms with Crippen molar-refractivity contribution in [3.05, 3.63) is 24.3 Å². The van der Waals surface area contributed by atoms with E-state index in [2.05, 4.69) is 12.2 Å². The Morgan fingerprint density at radius 2 is 1.32 bits per heavy atom. The monoisotopic (exact) mass is 349 g/mol. The average molecular weight is 350 g/mol. The SMILES string of the molecule is CCCCCCCCCCCCCC(O)Nc1ccc(OCC)cc1. The van der Waals surface area contributed by atoms with Gasteiger partial charge in [-0.3, -0.25) is 0 Å². The Labute approximate surface area is 155 Å². The van der Waals surface area contributed by atoms with Crippen molar-refractivity contribution in [3.63, 3.8) is 0 Å². The third kappa shape index (κ3) is 11.9. The van der Waals surface area contributed by atoms with Crippen LogP contribution in [0, 0.1) is 0 Å². The highest BCUT2D eigenvalue weighted by Gasteiger charge is 2.04. The molecule has 0 aliphatic carbocycles. The van der Waals surface area contributed by atoms with Crippen LogP contribution in [-0.4, -0.2) is 17.9 Å². The molecule has 0 aromatic heterocycles. The van der Waals surface area contributed by atoms with Crippen LogP contribution in [0.15, 0.2) is 24.3 Å². The first-order chi connectivity index (χ1) is 12.3. The van der Waals surface area contributed by atoms with Crippen molar-refractivity contribution in [2.24, 2.45) is 0 Å². The summed E-state index contributed by atoms with van der Waals surface area (Å²) < 4.78 is 5.42. The van der Waals surface area contributed by atoms with Gasteiger partial charge in [0.15, 0.2) is 0 Å². The van der Waals surface area contributed by atoms with E-state index in [1.54, 1.807) is 0 Å². The zero-order valence-corrected chi connectivity index (χ0v) is 16.4. The second-order valence-electron chi connectivity index (χ2n) is 6.94. The second-order valence-corrected chi connectivity index (χ2v) is 6.94. The van der Waals surface area contributed by atoms with Crippen LogP contribution in [0.5, 0.6) is 5.75 Å². The van der Waals surface area contributed by atoms with Gasteiger partial charge in [0.2, 0.25) is 0 Å². The number of anilines is 1. The Kier molecular flexibility index (Phi) is 13.2. The van der Waals surface area contributed by atoms with Gasteiger partial charge in [-0.1, -0.05) is 71.1 Å². The van der Waals surface area contributed by atoms with Gasteiger partial charge >= 0.3 is 0 Å². The maximum Gasteiger partial charge on any atom is 0.124 e. The fourth-order valence-electron chi connectivity index (χ4n) is 3.08. The molecule has 1 atom stereocenters. The van der Waals surface area contributed by atoms with Gasteiger partial charge < -0.3 is 15.2 Å². The highest BCUT2D eigenvalue weighted by Crippen LogP contribution is 2.17. The molecule has 3 heteroatoms. The summed E-state index contributed by atoms with van der Waals surface area (Å²) in [4.78, 5) is 0. The quantitative estimate of drug-likeness (QED) is 0.264. The molecular weight excluding hydrogens is 310 g/mol. The lowest BCUT2D eigenvalue weighted by Crippen LogP contribution is -2.18. The summed E-state index contributed by atoms with van der Waals surface area (Å²) in [6, 6.07) is 7.77. The van der Waals surface area contributed by atoms with Crippen molar-refractivity contribution in [2.45, 2.75) is 97.1 Å². The zero-order chi connectivity index (χ0) is 18.2. The molecule has 1 aromatic rings. The Morgan fingerprint density at radius 3 is 1.84 bits per heavy atom. The van der Waals surface area contributed by atoms with Crippen LogP contribution in [-0.2, 0) is 0 Å². The van der Waals surface area contributed by atoms with Crippen molar-refractivity contribution in [3.8, 4) is 5.75 Å². The summed E-state index contributed by atoms with van der Waals surface area (Å²) in [5, 5.41) is 13.2. The molecule has 0 saturated carbocycles. The molecule has 0 spiro atoms. The first-order valence-electron chi connectivity index (χ1n) is 10.4. The summed E-state index contributed by atoms with van der Waals surface area (Å²) in [6.45, 7) is 4.92. The average Bonchev–Trinajstić information content (AvgIpc) is 2.61. The number of hydrogen-bond acceptors (Lipinski definition) is 3. The number of ether oxygens (including phenoxy) is 1. The zero-order valence-electron chi connectivity index (χ0n) is 16.4. The lowest BCUT2D eigenvalue weighted by molar-refractivity contribution is 0.188. The van der Waals surface area contributed by atoms with Crippen LogP contribution < -0.4 is 10.1 Å². The van der Waals surface area contributed by atoms with Gasteiger partial charge in [-0.05, 0) is 44.0 Å². The fourth-order valence-corrected chi connectivity index (χ4v) is 3.08. The summed E-state index contributed by atoms with van der Waals surface area (Å²) in [5.74, 6) is 0.868. The minimum absolute atomic E-state index is 0.462. The fraction of sp³-hybridized carbons (Fsp3) is 0.727. The molecule has 0 aliphatic rings. The highest BCUT2D eigenvalue weighted by molar-refractivity contribution is 5.46. The van der Waals surface area contributed by atoms with Crippen LogP contribution in [0.25, 0.3) is 0 Å². The first kappa shape index (κ1) is 21.8. The van der Waals surface area contributed by atoms with E-state index in [0.29, 0.717) is 6.61 Å². The van der Waals surface area contributed by atoms with Crippen LogP contribution in [0.1, 0.15) is 90.9 Å². The van der Waals surface area contributed by atoms with Crippen molar-refractivity contribution < 1.29 is 9.84 Å². The molecule has 1 rings (SSSR count). The third-order valence-corrected chi connectivity index (χ3v) is 4.58. The number of hydrogen-bond donors (Lipinski definition) is 2. The number of nitrogens with one attached hydrogen (secondary N) is 1. The van der Waals surface area contributed by atoms with Gasteiger partial charge in [0, 0.05) is 5.69 Å². The standard InChI is InChI=1S/C22H39NO2/c1-3-5-6-7-8-9-10-11-12-13-14-15-22(24)23-20-16-18-21(19-17-20)25-4-2/h16-19,22-24H,3-15H2,1-2H3. The first-order valence-corrected chi connectivity index (χ1v) is 10.4. The molecule has 144 valence electrons. The van der Waals surface area contributed by atoms with E-state index in [1.165, 1.54) is 64.2 Å². The topological polar surface area (TPSA) is 41.5 Å². The predicted molar refractivity (Wildman–Crippen MR) is 108 cm³/mol. The molecule has 2 N–H and O–H groups in total. The van der Waals surface area contributed by atoms with Gasteiger partial charge in [-0.15, -0.1) is 0 Å². The Morgan fingerprint density at radius 1 is 0.800 bits per heavy atom. The molecular formula is C22H39NO2. The van der Waals surface area contributed by atoms with E-state index < -0.39 is 6.23 Å². The van der Waals surface area contributed by atoms with Crippen molar-refractivity contribution in [1.82, 2.24) is 0 Å². The Bertz CT molecular complexity index is 405. The number of aliphatic hydroxyl groups excluding tert-OH is 1. The van der Waals surface area contributed by atoms with Crippen LogP contribution >= 0.6 is 0 Å². The third-order valence-electron chi connectivity index (χ3n) is 4.58. The highest BCUT2D eigenvalue weighted by atomic mass is 16.5. The van der Waals surface area contributed by atoms with Gasteiger partial charge in [0.25, 0.3) is 0 Å². The van der Waals surface area contributed by atoms with Gasteiger partial charge in [-0.25, -0.2) is 0 Å². The van der Waals surface area contributed by atoms with Crippen LogP contribution in [0.4, 0.5) is 5.69 Å². The molecule has 25 heavy (non-hydrogen) atoms. The summed E-state index contributed by atoms with van der Waals surface area (Å²) in [5.41, 5.74) is 0.944. The molecule has 0 fully saturated rings. The van der Waals surface area contributed by atoms with Crippen molar-refractivity contribution >= 4 is 5.69 Å². The Hall–Kier alpha value is -1.22. The normalized spacial score (nSPS) is 12.1. The molecule has 1 aromatic carbocycles. The van der Waals surface area contributed by atoms with Crippen molar-refractivity contribution in [1.29, 1.82) is 0 Å². The predicted octanol–water partition coefficient (Wildman–Crippen LogP) is 6.52. The molecule has 3 nitrogen and oxygen atoms in total. The molecule has 0 radical (unpaired) electrons. The maximum atomic E-state index is 10.1. The smallest absolute Gasteiger partial charge is 0.124 e. The Balaban J connectivity index is 1.95. The molecule has 1 unspecified atom stereocenters. The van der Waals surface area contributed by atoms with E-state index in [4.69, 9.17) is 4.74 Å². The van der Waals surface area contributed by atoms with Crippen molar-refractivity contribution in [2.75, 3.05) is 11.9 Å². The molecule has 0 heterocycles. The number of rotatable bonds is 16. The van der Waals surface area contributed by atoms with E-state index in [9.17, 15) is 5.11 Å².